The lowest BCUT2D eigenvalue weighted by molar-refractivity contribution is 0.808. The van der Waals surface area contributed by atoms with Gasteiger partial charge in [-0.25, -0.2) is 0 Å². The van der Waals surface area contributed by atoms with Crippen LogP contribution in [0.15, 0.2) is 84.9 Å². The van der Waals surface area contributed by atoms with Gasteiger partial charge in [0.05, 0.1) is 0 Å². The Labute approximate surface area is 212 Å². The first-order valence-corrected chi connectivity index (χ1v) is 13.0. The van der Waals surface area contributed by atoms with Crippen LogP contribution in [0.2, 0.25) is 0 Å². The normalized spacial score (nSPS) is 11.5. The van der Waals surface area contributed by atoms with Gasteiger partial charge in [0, 0.05) is 11.4 Å². The summed E-state index contributed by atoms with van der Waals surface area (Å²) in [5, 5.41) is 3.85. The highest BCUT2D eigenvalue weighted by Crippen LogP contribution is 2.39. The molecule has 0 radical (unpaired) electrons. The molecular formula is C34H39N. The molecule has 0 saturated heterocycles. The van der Waals surface area contributed by atoms with Crippen LogP contribution >= 0.6 is 0 Å². The Kier molecular flexibility index (Phi) is 7.45. The summed E-state index contributed by atoms with van der Waals surface area (Å²) >= 11 is 0. The fourth-order valence-electron chi connectivity index (χ4n) is 4.75. The second-order valence-corrected chi connectivity index (χ2v) is 10.6. The van der Waals surface area contributed by atoms with Crippen molar-refractivity contribution < 1.29 is 0 Å². The summed E-state index contributed by atoms with van der Waals surface area (Å²) < 4.78 is 0. The van der Waals surface area contributed by atoms with Crippen LogP contribution in [0.3, 0.4) is 0 Å². The molecule has 0 saturated carbocycles. The summed E-state index contributed by atoms with van der Waals surface area (Å²) in [7, 11) is 0. The van der Waals surface area contributed by atoms with Crippen LogP contribution in [0.1, 0.15) is 81.5 Å². The smallest absolute Gasteiger partial charge is 0.0454 e. The Bertz CT molecular complexity index is 1270. The van der Waals surface area contributed by atoms with Gasteiger partial charge in [-0.05, 0) is 87.4 Å². The van der Waals surface area contributed by atoms with Crippen LogP contribution in [0, 0.1) is 6.92 Å². The van der Waals surface area contributed by atoms with Gasteiger partial charge in [-0.15, -0.1) is 0 Å². The lowest BCUT2D eigenvalue weighted by Gasteiger charge is -2.24. The maximum absolute atomic E-state index is 3.85. The number of benzene rings is 4. The average molecular weight is 462 g/mol. The van der Waals surface area contributed by atoms with Crippen LogP contribution in [0.4, 0.5) is 11.4 Å². The predicted octanol–water partition coefficient (Wildman–Crippen LogP) is 10.4. The first-order valence-electron chi connectivity index (χ1n) is 13.0. The van der Waals surface area contributed by atoms with Gasteiger partial charge in [0.1, 0.15) is 0 Å². The maximum Gasteiger partial charge on any atom is 0.0454 e. The van der Waals surface area contributed by atoms with Crippen molar-refractivity contribution in [3.63, 3.8) is 0 Å². The fraction of sp³-hybridized carbons (Fsp3) is 0.294. The van der Waals surface area contributed by atoms with E-state index in [1.54, 1.807) is 0 Å². The van der Waals surface area contributed by atoms with Gasteiger partial charge in [0.2, 0.25) is 0 Å². The zero-order chi connectivity index (χ0) is 25.1. The Morgan fingerprint density at radius 3 is 1.74 bits per heavy atom. The molecule has 180 valence electrons. The molecule has 0 unspecified atom stereocenters. The molecule has 4 aromatic carbocycles. The minimum absolute atomic E-state index is 0.446. The van der Waals surface area contributed by atoms with Crippen molar-refractivity contribution in [2.24, 2.45) is 0 Å². The molecule has 35 heavy (non-hydrogen) atoms. The zero-order valence-electron chi connectivity index (χ0n) is 22.3. The molecule has 1 nitrogen and oxygen atoms in total. The van der Waals surface area contributed by atoms with Gasteiger partial charge in [0.25, 0.3) is 0 Å². The van der Waals surface area contributed by atoms with Gasteiger partial charge in [-0.3, -0.25) is 0 Å². The second kappa shape index (κ2) is 10.5. The summed E-state index contributed by atoms with van der Waals surface area (Å²) in [4.78, 5) is 0. The summed E-state index contributed by atoms with van der Waals surface area (Å²) in [6, 6.07) is 31.0. The minimum Gasteiger partial charge on any atom is -0.355 e. The highest BCUT2D eigenvalue weighted by molar-refractivity contribution is 5.79. The van der Waals surface area contributed by atoms with Crippen molar-refractivity contribution in [3.8, 4) is 22.3 Å². The van der Waals surface area contributed by atoms with Gasteiger partial charge < -0.3 is 5.32 Å². The summed E-state index contributed by atoms with van der Waals surface area (Å²) in [6.45, 7) is 16.0. The Balaban J connectivity index is 1.77. The third kappa shape index (κ3) is 5.51. The molecule has 0 aromatic heterocycles. The minimum atomic E-state index is 0.446. The van der Waals surface area contributed by atoms with E-state index < -0.39 is 0 Å². The second-order valence-electron chi connectivity index (χ2n) is 10.6. The molecule has 1 heteroatoms. The molecule has 0 aliphatic heterocycles. The highest BCUT2D eigenvalue weighted by atomic mass is 14.9. The van der Waals surface area contributed by atoms with Crippen molar-refractivity contribution in [3.05, 3.63) is 107 Å². The van der Waals surface area contributed by atoms with Gasteiger partial charge in [0.15, 0.2) is 0 Å². The molecule has 1 N–H and O–H groups in total. The molecule has 0 aliphatic carbocycles. The van der Waals surface area contributed by atoms with Crippen molar-refractivity contribution in [1.29, 1.82) is 0 Å². The van der Waals surface area contributed by atoms with Gasteiger partial charge in [-0.2, -0.15) is 0 Å². The van der Waals surface area contributed by atoms with Crippen LogP contribution < -0.4 is 5.32 Å². The van der Waals surface area contributed by atoms with E-state index in [1.807, 2.05) is 0 Å². The molecule has 0 aliphatic rings. The van der Waals surface area contributed by atoms with E-state index in [1.165, 1.54) is 50.2 Å². The predicted molar refractivity (Wildman–Crippen MR) is 154 cm³/mol. The zero-order valence-corrected chi connectivity index (χ0v) is 22.3. The molecule has 0 heterocycles. The Morgan fingerprint density at radius 2 is 1.14 bits per heavy atom. The van der Waals surface area contributed by atoms with Crippen molar-refractivity contribution in [2.75, 3.05) is 5.32 Å². The van der Waals surface area contributed by atoms with Crippen molar-refractivity contribution >= 4 is 11.4 Å². The van der Waals surface area contributed by atoms with E-state index in [0.717, 1.165) is 5.69 Å². The number of anilines is 2. The first kappa shape index (κ1) is 24.8. The number of rotatable bonds is 7. The Hall–Kier alpha value is -3.32. The molecule has 4 aromatic rings. The third-order valence-corrected chi connectivity index (χ3v) is 6.92. The molecular weight excluding hydrogens is 422 g/mol. The molecule has 0 bridgehead atoms. The Morgan fingerprint density at radius 1 is 0.543 bits per heavy atom. The van der Waals surface area contributed by atoms with Crippen LogP contribution in [-0.4, -0.2) is 0 Å². The maximum atomic E-state index is 3.85. The van der Waals surface area contributed by atoms with E-state index >= 15 is 0 Å². The van der Waals surface area contributed by atoms with Crippen molar-refractivity contribution in [2.45, 2.75) is 66.2 Å². The summed E-state index contributed by atoms with van der Waals surface area (Å²) in [5.74, 6) is 1.41. The average Bonchev–Trinajstić information content (AvgIpc) is 2.85. The first-order chi connectivity index (χ1) is 16.7. The molecule has 0 spiro atoms. The quantitative estimate of drug-likeness (QED) is 0.288. The lowest BCUT2D eigenvalue weighted by Crippen LogP contribution is -2.06. The standard InChI is InChI=1S/C34H39N/c1-22(2)29-19-31(23(3)4)34(32(20-29)24(5)6)35-30-17-16-25(7)33(21-30)28-15-11-14-27(18-28)26-12-9-8-10-13-26/h8-24,35H,1-7H3. The largest absolute Gasteiger partial charge is 0.355 e. The monoisotopic (exact) mass is 461 g/mol. The SMILES string of the molecule is Cc1ccc(Nc2c(C(C)C)cc(C(C)C)cc2C(C)C)cc1-c1cccc(-c2ccccc2)c1. The number of hydrogen-bond acceptors (Lipinski definition) is 1. The topological polar surface area (TPSA) is 12.0 Å². The fourth-order valence-corrected chi connectivity index (χ4v) is 4.75. The van der Waals surface area contributed by atoms with E-state index in [-0.39, 0.29) is 0 Å². The van der Waals surface area contributed by atoms with E-state index in [2.05, 4.69) is 139 Å². The van der Waals surface area contributed by atoms with E-state index in [4.69, 9.17) is 0 Å². The molecule has 4 rings (SSSR count). The number of aryl methyl sites for hydroxylation is 1. The summed E-state index contributed by atoms with van der Waals surface area (Å²) in [5.41, 5.74) is 12.9. The van der Waals surface area contributed by atoms with Crippen LogP contribution in [-0.2, 0) is 0 Å². The molecule has 0 fully saturated rings. The number of hydrogen-bond donors (Lipinski definition) is 1. The van der Waals surface area contributed by atoms with E-state index in [0.29, 0.717) is 17.8 Å². The van der Waals surface area contributed by atoms with Gasteiger partial charge in [-0.1, -0.05) is 108 Å². The summed E-state index contributed by atoms with van der Waals surface area (Å²) in [6.07, 6.45) is 0. The van der Waals surface area contributed by atoms with Gasteiger partial charge >= 0.3 is 0 Å². The highest BCUT2D eigenvalue weighted by Gasteiger charge is 2.18. The molecule has 0 amide bonds. The molecule has 0 atom stereocenters. The van der Waals surface area contributed by atoms with Crippen LogP contribution in [0.5, 0.6) is 0 Å². The van der Waals surface area contributed by atoms with E-state index in [9.17, 15) is 0 Å². The number of nitrogens with one attached hydrogen (secondary N) is 1. The third-order valence-electron chi connectivity index (χ3n) is 6.92. The van der Waals surface area contributed by atoms with Crippen LogP contribution in [0.25, 0.3) is 22.3 Å². The van der Waals surface area contributed by atoms with Crippen molar-refractivity contribution in [1.82, 2.24) is 0 Å². The lowest BCUT2D eigenvalue weighted by atomic mass is 9.87.